The number of nitriles is 1. The van der Waals surface area contributed by atoms with Crippen LogP contribution in [0.25, 0.3) is 0 Å². The first kappa shape index (κ1) is 17.1. The first-order valence-corrected chi connectivity index (χ1v) is 7.03. The number of carbonyl (C=O) groups is 1. The van der Waals surface area contributed by atoms with Crippen molar-refractivity contribution in [2.24, 2.45) is 7.05 Å². The minimum Gasteiger partial charge on any atom is -0.497 e. The van der Waals surface area contributed by atoms with Crippen LogP contribution >= 0.6 is 0 Å². The third-order valence-corrected chi connectivity index (χ3v) is 3.63. The zero-order valence-corrected chi connectivity index (χ0v) is 13.5. The highest BCUT2D eigenvalue weighted by molar-refractivity contribution is 6.01. The van der Waals surface area contributed by atoms with Gasteiger partial charge in [-0.15, -0.1) is 0 Å². The number of hydrogen-bond donors (Lipinski definition) is 1. The molecule has 2 aromatic rings. The number of aromatic hydroxyl groups is 1. The number of carbonyl (C=O) groups excluding carboxylic acids is 1. The molecule has 1 N–H and O–H groups in total. The average Bonchev–Trinajstić information content (AvgIpc) is 2.59. The molecule has 0 fully saturated rings. The molecule has 0 unspecified atom stereocenters. The fraction of sp³-hybridized carbons (Fsp3) is 0.235. The van der Waals surface area contributed by atoms with Gasteiger partial charge in [-0.1, -0.05) is 0 Å². The molecule has 0 atom stereocenters. The zero-order valence-electron chi connectivity index (χ0n) is 13.5. The second-order valence-electron chi connectivity index (χ2n) is 5.06. The van der Waals surface area contributed by atoms with Gasteiger partial charge >= 0.3 is 0 Å². The molecular formula is C17H16N2O5. The summed E-state index contributed by atoms with van der Waals surface area (Å²) in [5, 5.41) is 19.2. The van der Waals surface area contributed by atoms with Crippen molar-refractivity contribution in [3.8, 4) is 23.4 Å². The number of nitrogens with zero attached hydrogens (tertiary/aromatic N) is 2. The minimum absolute atomic E-state index is 0.0952. The van der Waals surface area contributed by atoms with Gasteiger partial charge in [0.25, 0.3) is 5.56 Å². The monoisotopic (exact) mass is 328 g/mol. The second kappa shape index (κ2) is 6.87. The van der Waals surface area contributed by atoms with Gasteiger partial charge in [0.1, 0.15) is 23.1 Å². The van der Waals surface area contributed by atoms with Crippen LogP contribution in [0.3, 0.4) is 0 Å². The molecular weight excluding hydrogens is 312 g/mol. The van der Waals surface area contributed by atoms with Gasteiger partial charge in [-0.2, -0.15) is 5.26 Å². The number of ether oxygens (including phenoxy) is 2. The van der Waals surface area contributed by atoms with E-state index < -0.39 is 17.2 Å². The molecule has 2 rings (SSSR count). The van der Waals surface area contributed by atoms with Gasteiger partial charge in [0.15, 0.2) is 6.61 Å². The maximum Gasteiger partial charge on any atom is 0.271 e. The van der Waals surface area contributed by atoms with Crippen LogP contribution in [0.2, 0.25) is 0 Å². The van der Waals surface area contributed by atoms with E-state index in [0.29, 0.717) is 11.5 Å². The van der Waals surface area contributed by atoms with Crippen molar-refractivity contribution in [3.63, 3.8) is 0 Å². The number of methoxy groups -OCH3 is 1. The summed E-state index contributed by atoms with van der Waals surface area (Å²) in [6, 6.07) is 8.41. The summed E-state index contributed by atoms with van der Waals surface area (Å²) in [5.41, 5.74) is -0.785. The lowest BCUT2D eigenvalue weighted by atomic mass is 10.0. The van der Waals surface area contributed by atoms with Gasteiger partial charge in [-0.25, -0.2) is 0 Å². The number of rotatable bonds is 5. The van der Waals surface area contributed by atoms with Crippen LogP contribution in [0.15, 0.2) is 29.1 Å². The van der Waals surface area contributed by atoms with E-state index in [1.807, 2.05) is 0 Å². The summed E-state index contributed by atoms with van der Waals surface area (Å²) in [4.78, 5) is 24.3. The summed E-state index contributed by atoms with van der Waals surface area (Å²) in [7, 11) is 2.83. The minimum atomic E-state index is -0.653. The van der Waals surface area contributed by atoms with E-state index in [0.717, 1.165) is 4.57 Å². The van der Waals surface area contributed by atoms with Crippen molar-refractivity contribution in [2.45, 2.75) is 6.92 Å². The van der Waals surface area contributed by atoms with Crippen molar-refractivity contribution in [3.05, 3.63) is 51.3 Å². The van der Waals surface area contributed by atoms with Crippen molar-refractivity contribution in [1.29, 1.82) is 5.26 Å². The van der Waals surface area contributed by atoms with E-state index in [4.69, 9.17) is 14.7 Å². The number of ketones is 1. The summed E-state index contributed by atoms with van der Waals surface area (Å²) in [6.45, 7) is 1.10. The summed E-state index contributed by atoms with van der Waals surface area (Å²) in [5.74, 6) is 0.0817. The fourth-order valence-electron chi connectivity index (χ4n) is 2.24. The Morgan fingerprint density at radius 1 is 1.29 bits per heavy atom. The van der Waals surface area contributed by atoms with Crippen LogP contribution in [-0.2, 0) is 7.05 Å². The number of Topliss-reactive ketones (excluding diaryl/α,β-unsaturated/α-hetero) is 1. The quantitative estimate of drug-likeness (QED) is 0.835. The predicted octanol–water partition coefficient (Wildman–Crippen LogP) is 1.54. The Hall–Kier alpha value is -3.27. The summed E-state index contributed by atoms with van der Waals surface area (Å²) >= 11 is 0. The Balaban J connectivity index is 2.28. The smallest absolute Gasteiger partial charge is 0.271 e. The Morgan fingerprint density at radius 3 is 2.42 bits per heavy atom. The predicted molar refractivity (Wildman–Crippen MR) is 85.6 cm³/mol. The molecule has 0 amide bonds. The maximum atomic E-state index is 12.4. The number of benzene rings is 1. The third-order valence-electron chi connectivity index (χ3n) is 3.63. The normalized spacial score (nSPS) is 10.1. The average molecular weight is 328 g/mol. The molecule has 0 aliphatic rings. The molecule has 7 heteroatoms. The van der Waals surface area contributed by atoms with Crippen molar-refractivity contribution < 1.29 is 19.4 Å². The highest BCUT2D eigenvalue weighted by atomic mass is 16.5. The summed E-state index contributed by atoms with van der Waals surface area (Å²) in [6.07, 6.45) is 0. The van der Waals surface area contributed by atoms with Gasteiger partial charge < -0.3 is 14.6 Å². The van der Waals surface area contributed by atoms with Gasteiger partial charge in [0.2, 0.25) is 11.7 Å². The molecule has 124 valence electrons. The molecule has 1 aromatic heterocycles. The van der Waals surface area contributed by atoms with Crippen molar-refractivity contribution in [1.82, 2.24) is 4.57 Å². The molecule has 0 saturated heterocycles. The Morgan fingerprint density at radius 2 is 1.88 bits per heavy atom. The van der Waals surface area contributed by atoms with Gasteiger partial charge in [0, 0.05) is 7.05 Å². The van der Waals surface area contributed by atoms with E-state index in [1.54, 1.807) is 30.3 Å². The standard InChI is InChI=1S/C17H16N2O5/c1-10-13(8-18)16(21)19(2)17(22)15(10)14(20)9-24-12-6-4-11(23-3)5-7-12/h4-7,22H,9H2,1-3H3. The fourth-order valence-corrected chi connectivity index (χ4v) is 2.24. The lowest BCUT2D eigenvalue weighted by molar-refractivity contribution is 0.0916. The second-order valence-corrected chi connectivity index (χ2v) is 5.06. The first-order valence-electron chi connectivity index (χ1n) is 7.03. The SMILES string of the molecule is COc1ccc(OCC(=O)c2c(C)c(C#N)c(=O)n(C)c2O)cc1. The largest absolute Gasteiger partial charge is 0.497 e. The summed E-state index contributed by atoms with van der Waals surface area (Å²) < 4.78 is 11.3. The highest BCUT2D eigenvalue weighted by Crippen LogP contribution is 2.22. The lowest BCUT2D eigenvalue weighted by Crippen LogP contribution is -2.25. The Bertz CT molecular complexity index is 876. The zero-order chi connectivity index (χ0) is 17.9. The lowest BCUT2D eigenvalue weighted by Gasteiger charge is -2.13. The molecule has 0 bridgehead atoms. The molecule has 7 nitrogen and oxygen atoms in total. The maximum absolute atomic E-state index is 12.4. The van der Waals surface area contributed by atoms with Gasteiger partial charge in [-0.05, 0) is 36.8 Å². The molecule has 0 spiro atoms. The number of hydrogen-bond acceptors (Lipinski definition) is 6. The molecule has 0 radical (unpaired) electrons. The highest BCUT2D eigenvalue weighted by Gasteiger charge is 2.22. The van der Waals surface area contributed by atoms with Crippen molar-refractivity contribution in [2.75, 3.05) is 13.7 Å². The van der Waals surface area contributed by atoms with Crippen molar-refractivity contribution >= 4 is 5.78 Å². The third kappa shape index (κ3) is 3.08. The molecule has 1 aromatic carbocycles. The molecule has 1 heterocycles. The topological polar surface area (TPSA) is 102 Å². The molecule has 24 heavy (non-hydrogen) atoms. The Kier molecular flexibility index (Phi) is 4.90. The molecule has 0 saturated carbocycles. The molecule has 0 aliphatic heterocycles. The van der Waals surface area contributed by atoms with E-state index in [1.165, 1.54) is 21.1 Å². The van der Waals surface area contributed by atoms with Crippen LogP contribution in [0.4, 0.5) is 0 Å². The van der Waals surface area contributed by atoms with E-state index >= 15 is 0 Å². The van der Waals surface area contributed by atoms with Gasteiger partial charge in [-0.3, -0.25) is 14.2 Å². The van der Waals surface area contributed by atoms with Crippen LogP contribution in [0, 0.1) is 18.3 Å². The number of aromatic nitrogens is 1. The number of pyridine rings is 1. The van der Waals surface area contributed by atoms with Crippen LogP contribution < -0.4 is 15.0 Å². The molecule has 0 aliphatic carbocycles. The first-order chi connectivity index (χ1) is 11.4. The van der Waals surface area contributed by atoms with E-state index in [2.05, 4.69) is 0 Å². The van der Waals surface area contributed by atoms with E-state index in [9.17, 15) is 14.7 Å². The van der Waals surface area contributed by atoms with Gasteiger partial charge in [0.05, 0.1) is 12.7 Å². The van der Waals surface area contributed by atoms with Crippen LogP contribution in [-0.4, -0.2) is 29.2 Å². The van der Waals surface area contributed by atoms with E-state index in [-0.39, 0.29) is 23.3 Å². The Labute approximate surface area is 138 Å². The van der Waals surface area contributed by atoms with Crippen LogP contribution in [0.5, 0.6) is 17.4 Å². The van der Waals surface area contributed by atoms with Crippen LogP contribution in [0.1, 0.15) is 21.5 Å².